The first kappa shape index (κ1) is 23.6. The fraction of sp³-hybridized carbons (Fsp3) is 0.522. The Balaban J connectivity index is 1.76. The summed E-state index contributed by atoms with van der Waals surface area (Å²) in [5.41, 5.74) is 1.47. The number of hydrogen-bond donors (Lipinski definition) is 1. The molecule has 0 saturated carbocycles. The van der Waals surface area contributed by atoms with Gasteiger partial charge in [0.05, 0.1) is 22.8 Å². The van der Waals surface area contributed by atoms with Gasteiger partial charge >= 0.3 is 0 Å². The monoisotopic (exact) mass is 472 g/mol. The summed E-state index contributed by atoms with van der Waals surface area (Å²) in [6, 6.07) is 5.46. The van der Waals surface area contributed by atoms with Crippen molar-refractivity contribution < 1.29 is 8.95 Å². The van der Waals surface area contributed by atoms with Crippen LogP contribution in [0.2, 0.25) is 0 Å². The molecular weight excluding hydrogens is 440 g/mol. The molecule has 2 aromatic heterocycles. The van der Waals surface area contributed by atoms with E-state index in [1.54, 1.807) is 4.52 Å². The van der Waals surface area contributed by atoms with Gasteiger partial charge in [0.2, 0.25) is 0 Å². The van der Waals surface area contributed by atoms with Crippen LogP contribution < -0.4 is 10.3 Å². The van der Waals surface area contributed by atoms with E-state index in [9.17, 15) is 9.00 Å². The normalized spacial score (nSPS) is 16.4. The highest BCUT2D eigenvalue weighted by molar-refractivity contribution is 7.82. The molecule has 3 heterocycles. The van der Waals surface area contributed by atoms with Gasteiger partial charge in [0.25, 0.3) is 5.56 Å². The van der Waals surface area contributed by atoms with Crippen molar-refractivity contribution in [3.63, 3.8) is 0 Å². The number of likely N-dealkylation sites (N-methyl/N-ethyl adjacent to an activating group) is 1. The van der Waals surface area contributed by atoms with E-state index in [0.29, 0.717) is 39.9 Å². The first-order valence-corrected chi connectivity index (χ1v) is 12.7. The third-order valence-electron chi connectivity index (χ3n) is 5.94. The van der Waals surface area contributed by atoms with Crippen LogP contribution in [0.25, 0.3) is 16.9 Å². The zero-order chi connectivity index (χ0) is 23.5. The Kier molecular flexibility index (Phi) is 7.26. The Morgan fingerprint density at radius 2 is 1.91 bits per heavy atom. The molecule has 1 atom stereocenters. The van der Waals surface area contributed by atoms with Gasteiger partial charge in [-0.3, -0.25) is 4.79 Å². The van der Waals surface area contributed by atoms with Crippen LogP contribution in [-0.2, 0) is 17.4 Å². The minimum atomic E-state index is -1.31. The molecule has 1 fully saturated rings. The number of aromatic amines is 1. The quantitative estimate of drug-likeness (QED) is 0.541. The molecule has 178 valence electrons. The summed E-state index contributed by atoms with van der Waals surface area (Å²) in [7, 11) is -1.31. The van der Waals surface area contributed by atoms with Crippen molar-refractivity contribution in [3.8, 4) is 17.1 Å². The minimum Gasteiger partial charge on any atom is -0.493 e. The van der Waals surface area contributed by atoms with E-state index in [1.807, 2.05) is 36.4 Å². The largest absolute Gasteiger partial charge is 0.493 e. The summed E-state index contributed by atoms with van der Waals surface area (Å²) < 4.78 is 22.8. The predicted molar refractivity (Wildman–Crippen MR) is 129 cm³/mol. The third-order valence-corrected chi connectivity index (χ3v) is 7.43. The number of benzene rings is 1. The lowest BCUT2D eigenvalue weighted by molar-refractivity contribution is 0.201. The molecule has 1 unspecified atom stereocenters. The molecule has 0 bridgehead atoms. The first-order valence-electron chi connectivity index (χ1n) is 11.6. The second-order valence-corrected chi connectivity index (χ2v) is 9.62. The van der Waals surface area contributed by atoms with E-state index in [0.717, 1.165) is 51.4 Å². The summed E-state index contributed by atoms with van der Waals surface area (Å²) in [6.45, 7) is 12.7. The van der Waals surface area contributed by atoms with Crippen molar-refractivity contribution in [3.05, 3.63) is 40.1 Å². The molecule has 1 N–H and O–H groups in total. The van der Waals surface area contributed by atoms with Gasteiger partial charge in [-0.2, -0.15) is 0 Å². The van der Waals surface area contributed by atoms with Crippen LogP contribution in [0.4, 0.5) is 0 Å². The van der Waals surface area contributed by atoms with Crippen molar-refractivity contribution in [1.82, 2.24) is 28.8 Å². The lowest BCUT2D eigenvalue weighted by Gasteiger charge is -2.32. The highest BCUT2D eigenvalue weighted by atomic mass is 32.2. The number of aryl methyl sites for hydroxylation is 2. The van der Waals surface area contributed by atoms with E-state index >= 15 is 0 Å². The van der Waals surface area contributed by atoms with Crippen molar-refractivity contribution >= 4 is 16.5 Å². The van der Waals surface area contributed by atoms with E-state index < -0.39 is 11.0 Å². The van der Waals surface area contributed by atoms with Crippen molar-refractivity contribution in [2.24, 2.45) is 0 Å². The Morgan fingerprint density at radius 3 is 2.58 bits per heavy atom. The predicted octanol–water partition coefficient (Wildman–Crippen LogP) is 2.40. The van der Waals surface area contributed by atoms with Crippen LogP contribution >= 0.6 is 0 Å². The van der Waals surface area contributed by atoms with Crippen LogP contribution in [0.1, 0.15) is 38.7 Å². The van der Waals surface area contributed by atoms with Gasteiger partial charge in [0.15, 0.2) is 11.3 Å². The Bertz CT molecular complexity index is 1210. The molecule has 4 rings (SSSR count). The van der Waals surface area contributed by atoms with Gasteiger partial charge < -0.3 is 14.6 Å². The Labute approximate surface area is 196 Å². The van der Waals surface area contributed by atoms with E-state index in [2.05, 4.69) is 28.7 Å². The topological polar surface area (TPSA) is 95.8 Å². The van der Waals surface area contributed by atoms with E-state index in [-0.39, 0.29) is 5.56 Å². The number of ether oxygens (including phenoxy) is 1. The number of hydrogen-bond acceptors (Lipinski definition) is 6. The SMILES string of the molecule is CCCc1nc(C)c2c(=O)[nH]c(-c3cc(S(=O)N4CCN(CC)CC4)ccc3OCC)nn12. The standard InChI is InChI=1S/C23H32N6O3S/c1-5-8-20-24-16(4)21-23(30)25-22(26-29(20)21)18-15-17(9-10-19(18)32-7-3)33(31)28-13-11-27(6-2)12-14-28/h9-10,15H,5-8,11-14H2,1-4H3,(H,25,26,30). The molecule has 9 nitrogen and oxygen atoms in total. The average molecular weight is 473 g/mol. The van der Waals surface area contributed by atoms with Crippen molar-refractivity contribution in [1.29, 1.82) is 0 Å². The van der Waals surface area contributed by atoms with Gasteiger partial charge in [-0.25, -0.2) is 18.0 Å². The molecule has 33 heavy (non-hydrogen) atoms. The number of nitrogens with one attached hydrogen (secondary N) is 1. The number of H-pyrrole nitrogens is 1. The summed E-state index contributed by atoms with van der Waals surface area (Å²) in [5.74, 6) is 1.72. The van der Waals surface area contributed by atoms with E-state index in [4.69, 9.17) is 9.84 Å². The molecule has 10 heteroatoms. The number of aromatic nitrogens is 4. The second kappa shape index (κ2) is 10.1. The first-order chi connectivity index (χ1) is 16.0. The fourth-order valence-electron chi connectivity index (χ4n) is 4.19. The van der Waals surface area contributed by atoms with Crippen LogP contribution in [0, 0.1) is 6.92 Å². The molecule has 0 aliphatic carbocycles. The summed E-state index contributed by atoms with van der Waals surface area (Å²) in [5, 5.41) is 4.72. The fourth-order valence-corrected chi connectivity index (χ4v) is 5.38. The highest BCUT2D eigenvalue weighted by Crippen LogP contribution is 2.30. The maximum atomic E-state index is 13.3. The highest BCUT2D eigenvalue weighted by Gasteiger charge is 2.23. The Hall–Kier alpha value is -2.56. The van der Waals surface area contributed by atoms with Gasteiger partial charge in [-0.15, -0.1) is 5.10 Å². The third kappa shape index (κ3) is 4.73. The van der Waals surface area contributed by atoms with Crippen LogP contribution in [0.5, 0.6) is 5.75 Å². The molecular formula is C23H32N6O3S. The lowest BCUT2D eigenvalue weighted by atomic mass is 10.2. The second-order valence-electron chi connectivity index (χ2n) is 8.13. The average Bonchev–Trinajstić information content (AvgIpc) is 3.15. The molecule has 1 aliphatic heterocycles. The number of imidazole rings is 1. The lowest BCUT2D eigenvalue weighted by Crippen LogP contribution is -2.46. The van der Waals surface area contributed by atoms with Crippen molar-refractivity contribution in [2.45, 2.75) is 45.4 Å². The van der Waals surface area contributed by atoms with Gasteiger partial charge in [-0.1, -0.05) is 13.8 Å². The molecule has 1 saturated heterocycles. The number of fused-ring (bicyclic) bond motifs is 1. The summed E-state index contributed by atoms with van der Waals surface area (Å²) in [6.07, 6.45) is 1.61. The zero-order valence-electron chi connectivity index (χ0n) is 19.8. The van der Waals surface area contributed by atoms with Gasteiger partial charge in [0.1, 0.15) is 22.6 Å². The van der Waals surface area contributed by atoms with Crippen LogP contribution in [0.15, 0.2) is 27.9 Å². The molecule has 1 aliphatic rings. The maximum absolute atomic E-state index is 13.3. The molecule has 0 amide bonds. The molecule has 0 spiro atoms. The maximum Gasteiger partial charge on any atom is 0.277 e. The van der Waals surface area contributed by atoms with Gasteiger partial charge in [-0.05, 0) is 45.0 Å². The smallest absolute Gasteiger partial charge is 0.277 e. The number of rotatable bonds is 8. The van der Waals surface area contributed by atoms with Gasteiger partial charge in [0, 0.05) is 32.6 Å². The number of nitrogens with zero attached hydrogens (tertiary/aromatic N) is 5. The van der Waals surface area contributed by atoms with Crippen LogP contribution in [-0.4, -0.2) is 72.3 Å². The van der Waals surface area contributed by atoms with Crippen LogP contribution in [0.3, 0.4) is 0 Å². The molecule has 1 aromatic carbocycles. The molecule has 3 aromatic rings. The minimum absolute atomic E-state index is 0.253. The van der Waals surface area contributed by atoms with Crippen molar-refractivity contribution in [2.75, 3.05) is 39.3 Å². The summed E-state index contributed by atoms with van der Waals surface area (Å²) in [4.78, 5) is 23.4. The zero-order valence-corrected chi connectivity index (χ0v) is 20.6. The summed E-state index contributed by atoms with van der Waals surface area (Å²) >= 11 is 0. The Morgan fingerprint density at radius 1 is 1.15 bits per heavy atom. The van der Waals surface area contributed by atoms with E-state index in [1.165, 1.54) is 0 Å². The number of piperazine rings is 1. The molecule has 0 radical (unpaired) electrons.